The first-order valence-corrected chi connectivity index (χ1v) is 6.61. The lowest BCUT2D eigenvalue weighted by atomic mass is 10.1. The van der Waals surface area contributed by atoms with E-state index >= 15 is 0 Å². The minimum absolute atomic E-state index is 0.0223. The number of aromatic nitrogens is 3. The van der Waals surface area contributed by atoms with Crippen molar-refractivity contribution in [3.05, 3.63) is 12.7 Å². The smallest absolute Gasteiger partial charge is 0.323 e. The molecule has 0 radical (unpaired) electrons. The van der Waals surface area contributed by atoms with Gasteiger partial charge in [0.1, 0.15) is 24.8 Å². The normalized spacial score (nSPS) is 32.5. The summed E-state index contributed by atoms with van der Waals surface area (Å²) in [4.78, 5) is 17.9. The van der Waals surface area contributed by atoms with Crippen molar-refractivity contribution in [3.63, 3.8) is 0 Å². The Kier molecular flexibility index (Phi) is 3.48. The molecule has 0 aromatic carbocycles. The van der Waals surface area contributed by atoms with Gasteiger partial charge in [-0.15, -0.1) is 0 Å². The summed E-state index contributed by atoms with van der Waals surface area (Å²) in [5, 5.41) is 4.08. The molecule has 0 spiro atoms. The molecule has 1 aromatic heterocycles. The van der Waals surface area contributed by atoms with E-state index in [2.05, 4.69) is 15.0 Å². The third-order valence-electron chi connectivity index (χ3n) is 3.61. The van der Waals surface area contributed by atoms with E-state index in [9.17, 15) is 4.79 Å². The van der Waals surface area contributed by atoms with Crippen LogP contribution in [0.2, 0.25) is 0 Å². The molecule has 1 aromatic rings. The lowest BCUT2D eigenvalue weighted by Gasteiger charge is -2.35. The van der Waals surface area contributed by atoms with Gasteiger partial charge in [-0.25, -0.2) is 4.98 Å². The lowest BCUT2D eigenvalue weighted by molar-refractivity contribution is -0.147. The summed E-state index contributed by atoms with van der Waals surface area (Å²) in [6.45, 7) is 4.74. The van der Waals surface area contributed by atoms with E-state index in [1.807, 2.05) is 6.92 Å². The van der Waals surface area contributed by atoms with Gasteiger partial charge in [0.15, 0.2) is 0 Å². The van der Waals surface area contributed by atoms with Crippen LogP contribution in [-0.4, -0.2) is 63.6 Å². The Hall–Kier alpha value is -1.47. The summed E-state index contributed by atoms with van der Waals surface area (Å²) in [5.41, 5.74) is 0. The van der Waals surface area contributed by atoms with Crippen molar-refractivity contribution in [2.75, 3.05) is 19.7 Å². The third-order valence-corrected chi connectivity index (χ3v) is 3.61. The minimum Gasteiger partial charge on any atom is -0.461 e. The summed E-state index contributed by atoms with van der Waals surface area (Å²) >= 11 is 0. The Morgan fingerprint density at radius 2 is 2.42 bits per heavy atom. The van der Waals surface area contributed by atoms with Gasteiger partial charge in [-0.2, -0.15) is 5.10 Å². The molecule has 19 heavy (non-hydrogen) atoms. The first kappa shape index (κ1) is 12.6. The summed E-state index contributed by atoms with van der Waals surface area (Å²) in [5.74, 6) is -0.103. The first-order chi connectivity index (χ1) is 9.22. The molecular weight excluding hydrogens is 248 g/mol. The predicted octanol–water partition coefficient (Wildman–Crippen LogP) is -0.317. The number of rotatable bonds is 3. The number of carbonyl (C=O) groups excluding carboxylic acids is 1. The summed E-state index contributed by atoms with van der Waals surface area (Å²) < 4.78 is 12.7. The van der Waals surface area contributed by atoms with Crippen molar-refractivity contribution in [3.8, 4) is 0 Å². The largest absolute Gasteiger partial charge is 0.461 e. The van der Waals surface area contributed by atoms with E-state index in [4.69, 9.17) is 9.47 Å². The zero-order valence-electron chi connectivity index (χ0n) is 10.9. The van der Waals surface area contributed by atoms with Gasteiger partial charge in [-0.1, -0.05) is 0 Å². The topological polar surface area (TPSA) is 69.5 Å². The van der Waals surface area contributed by atoms with E-state index in [0.717, 1.165) is 19.5 Å². The Morgan fingerprint density at radius 1 is 1.53 bits per heavy atom. The number of hydrogen-bond donors (Lipinski definition) is 0. The van der Waals surface area contributed by atoms with Gasteiger partial charge in [0.05, 0.1) is 19.3 Å². The highest BCUT2D eigenvalue weighted by atomic mass is 16.6. The molecule has 0 bridgehead atoms. The van der Waals surface area contributed by atoms with Gasteiger partial charge in [0, 0.05) is 19.5 Å². The van der Waals surface area contributed by atoms with E-state index in [0.29, 0.717) is 13.2 Å². The van der Waals surface area contributed by atoms with Crippen LogP contribution in [0.4, 0.5) is 0 Å². The van der Waals surface area contributed by atoms with Crippen molar-refractivity contribution >= 4 is 5.97 Å². The molecule has 0 N–H and O–H groups in total. The average molecular weight is 266 g/mol. The Morgan fingerprint density at radius 3 is 3.11 bits per heavy atom. The molecule has 104 valence electrons. The molecule has 0 saturated carbocycles. The van der Waals surface area contributed by atoms with Crippen molar-refractivity contribution in [1.29, 1.82) is 0 Å². The number of ether oxygens (including phenoxy) is 2. The standard InChI is InChI=1S/C12H18N4O3/c1-9-4-11(12(17)19-9)15-2-3-18-10(5-15)6-16-8-13-7-14-16/h7-11H,2-6H2,1H3/t9-,10+,11-/m1/s1. The van der Waals surface area contributed by atoms with E-state index in [1.54, 1.807) is 11.0 Å². The summed E-state index contributed by atoms with van der Waals surface area (Å²) in [7, 11) is 0. The number of hydrogen-bond acceptors (Lipinski definition) is 6. The molecule has 3 heterocycles. The Balaban J connectivity index is 1.60. The van der Waals surface area contributed by atoms with Gasteiger partial charge in [-0.3, -0.25) is 14.4 Å². The molecule has 7 heteroatoms. The molecule has 2 fully saturated rings. The van der Waals surface area contributed by atoms with Crippen LogP contribution in [0.25, 0.3) is 0 Å². The van der Waals surface area contributed by atoms with Crippen LogP contribution in [0.15, 0.2) is 12.7 Å². The van der Waals surface area contributed by atoms with Crippen LogP contribution in [0.1, 0.15) is 13.3 Å². The van der Waals surface area contributed by atoms with Gasteiger partial charge in [-0.05, 0) is 6.92 Å². The maximum absolute atomic E-state index is 11.8. The predicted molar refractivity (Wildman–Crippen MR) is 65.3 cm³/mol. The first-order valence-electron chi connectivity index (χ1n) is 6.61. The van der Waals surface area contributed by atoms with Crippen LogP contribution in [0.3, 0.4) is 0 Å². The molecular formula is C12H18N4O3. The molecule has 3 rings (SSSR count). The number of esters is 1. The van der Waals surface area contributed by atoms with Gasteiger partial charge < -0.3 is 9.47 Å². The zero-order valence-corrected chi connectivity index (χ0v) is 10.9. The summed E-state index contributed by atoms with van der Waals surface area (Å²) in [6, 6.07) is -0.114. The molecule has 0 amide bonds. The van der Waals surface area contributed by atoms with Crippen molar-refractivity contribution in [2.45, 2.75) is 38.1 Å². The second-order valence-corrected chi connectivity index (χ2v) is 5.10. The van der Waals surface area contributed by atoms with Gasteiger partial charge >= 0.3 is 5.97 Å². The molecule has 0 unspecified atom stereocenters. The zero-order chi connectivity index (χ0) is 13.2. The molecule has 7 nitrogen and oxygen atoms in total. The maximum atomic E-state index is 11.8. The number of carbonyl (C=O) groups is 1. The van der Waals surface area contributed by atoms with Crippen molar-refractivity contribution in [2.24, 2.45) is 0 Å². The van der Waals surface area contributed by atoms with Crippen molar-refractivity contribution < 1.29 is 14.3 Å². The fourth-order valence-corrected chi connectivity index (χ4v) is 2.71. The van der Waals surface area contributed by atoms with Crippen LogP contribution >= 0.6 is 0 Å². The highest BCUT2D eigenvalue weighted by Gasteiger charge is 2.38. The van der Waals surface area contributed by atoms with E-state index in [-0.39, 0.29) is 24.2 Å². The third kappa shape index (κ3) is 2.76. The molecule has 2 aliphatic rings. The minimum atomic E-state index is -0.114. The van der Waals surface area contributed by atoms with Gasteiger partial charge in [0.2, 0.25) is 0 Å². The SMILES string of the molecule is C[C@@H]1C[C@@H](N2CCO[C@H](Cn3cncn3)C2)C(=O)O1. The fraction of sp³-hybridized carbons (Fsp3) is 0.750. The van der Waals surface area contributed by atoms with Crippen LogP contribution in [0, 0.1) is 0 Å². The Labute approximate surface area is 111 Å². The number of morpholine rings is 1. The fourth-order valence-electron chi connectivity index (χ4n) is 2.71. The molecule has 3 atom stereocenters. The highest BCUT2D eigenvalue weighted by Crippen LogP contribution is 2.22. The Bertz CT molecular complexity index is 436. The average Bonchev–Trinajstić information content (AvgIpc) is 2.99. The monoisotopic (exact) mass is 266 g/mol. The van der Waals surface area contributed by atoms with Crippen molar-refractivity contribution in [1.82, 2.24) is 19.7 Å². The second kappa shape index (κ2) is 5.26. The second-order valence-electron chi connectivity index (χ2n) is 5.10. The molecule has 2 aliphatic heterocycles. The maximum Gasteiger partial charge on any atom is 0.323 e. The quantitative estimate of drug-likeness (QED) is 0.699. The number of cyclic esters (lactones) is 1. The number of nitrogens with zero attached hydrogens (tertiary/aromatic N) is 4. The van der Waals surface area contributed by atoms with E-state index in [1.165, 1.54) is 6.33 Å². The highest BCUT2D eigenvalue weighted by molar-refractivity contribution is 5.78. The van der Waals surface area contributed by atoms with Crippen LogP contribution in [0.5, 0.6) is 0 Å². The lowest BCUT2D eigenvalue weighted by Crippen LogP contribution is -2.50. The van der Waals surface area contributed by atoms with Gasteiger partial charge in [0.25, 0.3) is 0 Å². The summed E-state index contributed by atoms with van der Waals surface area (Å²) in [6.07, 6.45) is 4.02. The van der Waals surface area contributed by atoms with Crippen LogP contribution < -0.4 is 0 Å². The molecule has 0 aliphatic carbocycles. The van der Waals surface area contributed by atoms with Crippen LogP contribution in [-0.2, 0) is 20.8 Å². The van der Waals surface area contributed by atoms with E-state index < -0.39 is 0 Å². The molecule has 2 saturated heterocycles.